The Morgan fingerprint density at radius 1 is 1.36 bits per heavy atom. The second-order valence-corrected chi connectivity index (χ2v) is 5.78. The molecule has 0 radical (unpaired) electrons. The minimum Gasteiger partial charge on any atom is -0.493 e. The lowest BCUT2D eigenvalue weighted by atomic mass is 9.95. The molecule has 25 heavy (non-hydrogen) atoms. The first kappa shape index (κ1) is 20.3. The Hall–Kier alpha value is -2.76. The van der Waals surface area contributed by atoms with E-state index in [1.165, 1.54) is 24.7 Å². The third kappa shape index (κ3) is 5.67. The van der Waals surface area contributed by atoms with E-state index in [2.05, 4.69) is 17.2 Å². The summed E-state index contributed by atoms with van der Waals surface area (Å²) in [5.74, 6) is 4.88. The highest BCUT2D eigenvalue weighted by Gasteiger charge is 2.33. The molecule has 136 valence electrons. The Morgan fingerprint density at radius 3 is 2.56 bits per heavy atom. The molecule has 1 unspecified atom stereocenters. The minimum atomic E-state index is -1.13. The molecule has 0 aromatic heterocycles. The van der Waals surface area contributed by atoms with Gasteiger partial charge in [-0.15, -0.1) is 5.92 Å². The van der Waals surface area contributed by atoms with Crippen molar-refractivity contribution in [1.29, 1.82) is 0 Å². The summed E-state index contributed by atoms with van der Waals surface area (Å²) < 4.78 is 10.7. The second-order valence-electron chi connectivity index (χ2n) is 5.78. The van der Waals surface area contributed by atoms with Gasteiger partial charge in [0.05, 0.1) is 7.11 Å². The number of benzene rings is 1. The number of carbonyl (C=O) groups excluding carboxylic acids is 2. The number of nitrogens with two attached hydrogens (primary N) is 1. The van der Waals surface area contributed by atoms with Crippen LogP contribution in [0.25, 0.3) is 0 Å². The monoisotopic (exact) mass is 349 g/mol. The van der Waals surface area contributed by atoms with Crippen molar-refractivity contribution < 1.29 is 24.3 Å². The van der Waals surface area contributed by atoms with Crippen LogP contribution in [0.5, 0.6) is 11.5 Å². The number of hydrogen-bond acceptors (Lipinski definition) is 6. The lowest BCUT2D eigenvalue weighted by Gasteiger charge is -2.29. The fourth-order valence-electron chi connectivity index (χ4n) is 1.98. The molecule has 2 amide bonds. The van der Waals surface area contributed by atoms with E-state index in [1.54, 1.807) is 26.8 Å². The lowest BCUT2D eigenvalue weighted by Crippen LogP contribution is -2.61. The molecule has 1 atom stereocenters. The van der Waals surface area contributed by atoms with E-state index in [0.29, 0.717) is 11.5 Å². The van der Waals surface area contributed by atoms with Gasteiger partial charge in [-0.2, -0.15) is 0 Å². The minimum absolute atomic E-state index is 0.193. The van der Waals surface area contributed by atoms with E-state index in [9.17, 15) is 9.59 Å². The SMILES string of the molecule is CC#CCOc1ccc(C(=O)NC(C(=O)NO)C(C)(C)N)cc1OC. The predicted molar refractivity (Wildman–Crippen MR) is 91.4 cm³/mol. The molecule has 0 saturated carbocycles. The lowest BCUT2D eigenvalue weighted by molar-refractivity contribution is -0.132. The Kier molecular flexibility index (Phi) is 7.23. The van der Waals surface area contributed by atoms with Crippen LogP contribution in [-0.2, 0) is 4.79 Å². The zero-order valence-electron chi connectivity index (χ0n) is 14.7. The molecular formula is C17H23N3O5. The molecule has 8 nitrogen and oxygen atoms in total. The number of amides is 2. The summed E-state index contributed by atoms with van der Waals surface area (Å²) in [5.41, 5.74) is 6.54. The van der Waals surface area contributed by atoms with E-state index in [-0.39, 0.29) is 12.2 Å². The Labute approximate surface area is 146 Å². The molecule has 0 heterocycles. The first-order chi connectivity index (χ1) is 11.7. The molecule has 0 aliphatic rings. The summed E-state index contributed by atoms with van der Waals surface area (Å²) in [7, 11) is 1.44. The van der Waals surface area contributed by atoms with E-state index >= 15 is 0 Å². The fraction of sp³-hybridized carbons (Fsp3) is 0.412. The largest absolute Gasteiger partial charge is 0.493 e. The summed E-state index contributed by atoms with van der Waals surface area (Å²) >= 11 is 0. The van der Waals surface area contributed by atoms with E-state index in [0.717, 1.165) is 0 Å². The third-order valence-corrected chi connectivity index (χ3v) is 3.29. The molecule has 0 saturated heterocycles. The van der Waals surface area contributed by atoms with Gasteiger partial charge in [0.2, 0.25) is 0 Å². The Balaban J connectivity index is 3.00. The van der Waals surface area contributed by atoms with Crippen molar-refractivity contribution in [2.75, 3.05) is 13.7 Å². The van der Waals surface area contributed by atoms with Crippen LogP contribution < -0.4 is 26.0 Å². The van der Waals surface area contributed by atoms with Crippen LogP contribution in [0.4, 0.5) is 0 Å². The van der Waals surface area contributed by atoms with Crippen LogP contribution in [-0.4, -0.2) is 42.3 Å². The van der Waals surface area contributed by atoms with Crippen molar-refractivity contribution >= 4 is 11.8 Å². The first-order valence-corrected chi connectivity index (χ1v) is 7.48. The number of carbonyl (C=O) groups is 2. The molecule has 1 aromatic rings. The number of nitrogens with one attached hydrogen (secondary N) is 2. The average Bonchev–Trinajstić information content (AvgIpc) is 2.58. The average molecular weight is 349 g/mol. The summed E-state index contributed by atoms with van der Waals surface area (Å²) in [5, 5.41) is 11.3. The Bertz CT molecular complexity index is 686. The maximum Gasteiger partial charge on any atom is 0.267 e. The predicted octanol–water partition coefficient (Wildman–Crippen LogP) is 0.438. The van der Waals surface area contributed by atoms with Gasteiger partial charge in [-0.25, -0.2) is 5.48 Å². The van der Waals surface area contributed by atoms with Gasteiger partial charge in [-0.05, 0) is 39.0 Å². The van der Waals surface area contributed by atoms with Gasteiger partial charge in [0, 0.05) is 11.1 Å². The maximum absolute atomic E-state index is 12.4. The van der Waals surface area contributed by atoms with Crippen LogP contribution in [0, 0.1) is 11.8 Å². The quantitative estimate of drug-likeness (QED) is 0.322. The molecule has 8 heteroatoms. The van der Waals surface area contributed by atoms with Gasteiger partial charge in [-0.3, -0.25) is 14.8 Å². The highest BCUT2D eigenvalue weighted by Crippen LogP contribution is 2.28. The van der Waals surface area contributed by atoms with Crippen molar-refractivity contribution in [3.63, 3.8) is 0 Å². The van der Waals surface area contributed by atoms with Crippen molar-refractivity contribution in [1.82, 2.24) is 10.8 Å². The highest BCUT2D eigenvalue weighted by molar-refractivity contribution is 5.98. The van der Waals surface area contributed by atoms with Gasteiger partial charge in [0.15, 0.2) is 11.5 Å². The van der Waals surface area contributed by atoms with Gasteiger partial charge < -0.3 is 20.5 Å². The molecule has 1 rings (SSSR count). The van der Waals surface area contributed by atoms with Gasteiger partial charge in [-0.1, -0.05) is 5.92 Å². The van der Waals surface area contributed by atoms with E-state index < -0.39 is 23.4 Å². The van der Waals surface area contributed by atoms with Crippen LogP contribution in [0.15, 0.2) is 18.2 Å². The number of hydroxylamine groups is 1. The zero-order chi connectivity index (χ0) is 19.0. The van der Waals surface area contributed by atoms with Crippen LogP contribution in [0.3, 0.4) is 0 Å². The smallest absolute Gasteiger partial charge is 0.267 e. The van der Waals surface area contributed by atoms with Crippen molar-refractivity contribution in [2.45, 2.75) is 32.4 Å². The van der Waals surface area contributed by atoms with Gasteiger partial charge in [0.25, 0.3) is 11.8 Å². The van der Waals surface area contributed by atoms with Gasteiger partial charge >= 0.3 is 0 Å². The molecule has 5 N–H and O–H groups in total. The number of ether oxygens (including phenoxy) is 2. The molecule has 0 aliphatic carbocycles. The van der Waals surface area contributed by atoms with Crippen molar-refractivity contribution in [3.05, 3.63) is 23.8 Å². The standard InChI is InChI=1S/C17H23N3O5/c1-5-6-9-25-12-8-7-11(10-13(12)24-4)15(21)19-14(16(22)20-23)17(2,3)18/h7-8,10,14,23H,9,18H2,1-4H3,(H,19,21)(H,20,22). The van der Waals surface area contributed by atoms with E-state index in [4.69, 9.17) is 20.4 Å². The van der Waals surface area contributed by atoms with E-state index in [1.807, 2.05) is 0 Å². The first-order valence-electron chi connectivity index (χ1n) is 7.48. The Morgan fingerprint density at radius 2 is 2.04 bits per heavy atom. The number of methoxy groups -OCH3 is 1. The zero-order valence-corrected chi connectivity index (χ0v) is 14.7. The topological polar surface area (TPSA) is 123 Å². The van der Waals surface area contributed by atoms with Crippen LogP contribution in [0.2, 0.25) is 0 Å². The summed E-state index contributed by atoms with van der Waals surface area (Å²) in [4.78, 5) is 24.2. The third-order valence-electron chi connectivity index (χ3n) is 3.29. The molecule has 0 aliphatic heterocycles. The molecule has 0 bridgehead atoms. The van der Waals surface area contributed by atoms with Crippen molar-refractivity contribution in [2.24, 2.45) is 5.73 Å². The number of hydrogen-bond donors (Lipinski definition) is 4. The summed E-state index contributed by atoms with van der Waals surface area (Å²) in [6, 6.07) is 3.43. The molecule has 0 fully saturated rings. The highest BCUT2D eigenvalue weighted by atomic mass is 16.5. The summed E-state index contributed by atoms with van der Waals surface area (Å²) in [6.07, 6.45) is 0. The molecule has 1 aromatic carbocycles. The molecular weight excluding hydrogens is 326 g/mol. The van der Waals surface area contributed by atoms with Crippen molar-refractivity contribution in [3.8, 4) is 23.3 Å². The second kappa shape index (κ2) is 8.92. The van der Waals surface area contributed by atoms with Crippen LogP contribution in [0.1, 0.15) is 31.1 Å². The van der Waals surface area contributed by atoms with Crippen LogP contribution >= 0.6 is 0 Å². The maximum atomic E-state index is 12.4. The summed E-state index contributed by atoms with van der Waals surface area (Å²) in [6.45, 7) is 5.00. The molecule has 0 spiro atoms. The van der Waals surface area contributed by atoms with Gasteiger partial charge in [0.1, 0.15) is 12.6 Å². The normalized spacial score (nSPS) is 11.6. The fourth-order valence-corrected chi connectivity index (χ4v) is 1.98. The number of rotatable bonds is 7.